The fraction of sp³-hybridized carbons (Fsp3) is 0.435. The van der Waals surface area contributed by atoms with Gasteiger partial charge in [0, 0.05) is 68.7 Å². The van der Waals surface area contributed by atoms with Crippen LogP contribution in [0.4, 0.5) is 5.82 Å². The number of anilines is 1. The zero-order valence-electron chi connectivity index (χ0n) is 18.5. The van der Waals surface area contributed by atoms with Gasteiger partial charge in [0.05, 0.1) is 12.7 Å². The fourth-order valence-electron chi connectivity index (χ4n) is 3.99. The summed E-state index contributed by atoms with van der Waals surface area (Å²) in [7, 11) is 4.02. The molecule has 164 valence electrons. The maximum Gasteiger partial charge on any atom is 0.262 e. The van der Waals surface area contributed by atoms with Crippen LogP contribution in [0, 0.1) is 0 Å². The second-order valence-corrected chi connectivity index (χ2v) is 9.30. The third-order valence-electron chi connectivity index (χ3n) is 5.29. The molecule has 0 unspecified atom stereocenters. The molecule has 4 heterocycles. The zero-order chi connectivity index (χ0) is 22.0. The van der Waals surface area contributed by atoms with Gasteiger partial charge in [-0.15, -0.1) is 11.3 Å². The maximum atomic E-state index is 13.0. The number of rotatable bonds is 6. The molecule has 0 spiro atoms. The van der Waals surface area contributed by atoms with E-state index in [9.17, 15) is 4.79 Å². The van der Waals surface area contributed by atoms with Crippen LogP contribution in [0.5, 0.6) is 0 Å². The molecule has 1 saturated heterocycles. The maximum absolute atomic E-state index is 13.0. The van der Waals surface area contributed by atoms with Crippen molar-refractivity contribution in [3.63, 3.8) is 0 Å². The average Bonchev–Trinajstić information content (AvgIpc) is 3.13. The van der Waals surface area contributed by atoms with Crippen LogP contribution < -0.4 is 10.2 Å². The van der Waals surface area contributed by atoms with Gasteiger partial charge in [0.15, 0.2) is 0 Å². The van der Waals surface area contributed by atoms with Gasteiger partial charge in [-0.3, -0.25) is 9.69 Å². The number of hydrogen-bond acceptors (Lipinski definition) is 7. The Labute approximate surface area is 187 Å². The minimum absolute atomic E-state index is 0.0594. The first-order valence-corrected chi connectivity index (χ1v) is 11.4. The standard InChI is InChI=1S/C23H29N5O2S/c1-15(2)26-22(29)20-19(17-8-6-10-25-23(17)31-20)18-14-28(11-12-30-18)13-16-7-5-9-24-21(16)27(3)4/h5-10,15,18H,11-14H2,1-4H3,(H,26,29)/t18-/m0/s1. The van der Waals surface area contributed by atoms with Crippen LogP contribution in [0.15, 0.2) is 36.7 Å². The highest BCUT2D eigenvalue weighted by atomic mass is 32.1. The molecule has 0 saturated carbocycles. The van der Waals surface area contributed by atoms with Gasteiger partial charge in [0.25, 0.3) is 5.91 Å². The molecule has 3 aromatic rings. The molecule has 1 amide bonds. The van der Waals surface area contributed by atoms with Crippen molar-refractivity contribution >= 4 is 33.3 Å². The van der Waals surface area contributed by atoms with E-state index in [0.29, 0.717) is 18.0 Å². The summed E-state index contributed by atoms with van der Waals surface area (Å²) in [6, 6.07) is 8.12. The van der Waals surface area contributed by atoms with Gasteiger partial charge in [-0.25, -0.2) is 9.97 Å². The first-order valence-electron chi connectivity index (χ1n) is 10.6. The first-order chi connectivity index (χ1) is 14.9. The van der Waals surface area contributed by atoms with Gasteiger partial charge in [0.1, 0.15) is 15.5 Å². The lowest BCUT2D eigenvalue weighted by molar-refractivity contribution is -0.0323. The number of carbonyl (C=O) groups excluding carboxylic acids is 1. The SMILES string of the molecule is CC(C)NC(=O)c1sc2ncccc2c1[C@@H]1CN(Cc2cccnc2N(C)C)CCO1. The fourth-order valence-corrected chi connectivity index (χ4v) is 5.08. The lowest BCUT2D eigenvalue weighted by Gasteiger charge is -2.34. The third-order valence-corrected chi connectivity index (χ3v) is 6.42. The Morgan fingerprint density at radius 3 is 2.84 bits per heavy atom. The van der Waals surface area contributed by atoms with Crippen LogP contribution in [0.25, 0.3) is 10.2 Å². The Morgan fingerprint density at radius 1 is 1.29 bits per heavy atom. The van der Waals surface area contributed by atoms with Crippen LogP contribution in [0.1, 0.15) is 40.8 Å². The monoisotopic (exact) mass is 439 g/mol. The number of ether oxygens (including phenoxy) is 1. The highest BCUT2D eigenvalue weighted by molar-refractivity contribution is 7.20. The van der Waals surface area contributed by atoms with E-state index in [1.54, 1.807) is 6.20 Å². The van der Waals surface area contributed by atoms with Crippen LogP contribution in [-0.4, -0.2) is 60.6 Å². The predicted molar refractivity (Wildman–Crippen MR) is 125 cm³/mol. The Morgan fingerprint density at radius 2 is 2.06 bits per heavy atom. The van der Waals surface area contributed by atoms with Gasteiger partial charge in [0.2, 0.25) is 0 Å². The number of nitrogens with zero attached hydrogens (tertiary/aromatic N) is 4. The van der Waals surface area contributed by atoms with Gasteiger partial charge in [-0.1, -0.05) is 12.1 Å². The lowest BCUT2D eigenvalue weighted by atomic mass is 10.0. The Hall–Kier alpha value is -2.55. The molecule has 0 radical (unpaired) electrons. The van der Waals surface area contributed by atoms with Gasteiger partial charge in [-0.05, 0) is 26.0 Å². The summed E-state index contributed by atoms with van der Waals surface area (Å²) >= 11 is 1.44. The zero-order valence-corrected chi connectivity index (χ0v) is 19.3. The van der Waals surface area contributed by atoms with E-state index < -0.39 is 0 Å². The van der Waals surface area contributed by atoms with Crippen molar-refractivity contribution in [2.24, 2.45) is 0 Å². The summed E-state index contributed by atoms with van der Waals surface area (Å²) in [5, 5.41) is 4.03. The molecule has 3 aromatic heterocycles. The molecule has 1 atom stereocenters. The number of morpholine rings is 1. The summed E-state index contributed by atoms with van der Waals surface area (Å²) in [4.78, 5) is 28.0. The van der Waals surface area contributed by atoms with E-state index in [4.69, 9.17) is 4.74 Å². The molecule has 0 bridgehead atoms. The van der Waals surface area contributed by atoms with E-state index in [-0.39, 0.29) is 18.1 Å². The molecular formula is C23H29N5O2S. The molecule has 7 nitrogen and oxygen atoms in total. The normalized spacial score (nSPS) is 17.3. The average molecular weight is 440 g/mol. The number of nitrogens with one attached hydrogen (secondary N) is 1. The Bertz CT molecular complexity index is 1070. The molecule has 1 aliphatic heterocycles. The van der Waals surface area contributed by atoms with Crippen LogP contribution >= 0.6 is 11.3 Å². The number of thiophene rings is 1. The highest BCUT2D eigenvalue weighted by Gasteiger charge is 2.30. The van der Waals surface area contributed by atoms with Crippen LogP contribution in [0.2, 0.25) is 0 Å². The number of carbonyl (C=O) groups is 1. The number of fused-ring (bicyclic) bond motifs is 1. The summed E-state index contributed by atoms with van der Waals surface area (Å²) in [5.74, 6) is 0.920. The summed E-state index contributed by atoms with van der Waals surface area (Å²) in [6.07, 6.45) is 3.41. The second kappa shape index (κ2) is 9.30. The molecule has 8 heteroatoms. The summed E-state index contributed by atoms with van der Waals surface area (Å²) in [6.45, 7) is 6.90. The minimum Gasteiger partial charge on any atom is -0.371 e. The quantitative estimate of drug-likeness (QED) is 0.634. The number of amides is 1. The van der Waals surface area contributed by atoms with Crippen molar-refractivity contribution in [3.05, 3.63) is 52.7 Å². The van der Waals surface area contributed by atoms with E-state index in [0.717, 1.165) is 34.7 Å². The number of pyridine rings is 2. The van der Waals surface area contributed by atoms with E-state index in [1.165, 1.54) is 16.9 Å². The van der Waals surface area contributed by atoms with Crippen molar-refractivity contribution in [1.29, 1.82) is 0 Å². The van der Waals surface area contributed by atoms with Crippen molar-refractivity contribution < 1.29 is 9.53 Å². The van der Waals surface area contributed by atoms with Crippen molar-refractivity contribution in [2.45, 2.75) is 32.5 Å². The number of hydrogen-bond donors (Lipinski definition) is 1. The van der Waals surface area contributed by atoms with E-state index in [2.05, 4.69) is 26.3 Å². The minimum atomic E-state index is -0.181. The van der Waals surface area contributed by atoms with Crippen molar-refractivity contribution in [3.8, 4) is 0 Å². The number of aromatic nitrogens is 2. The predicted octanol–water partition coefficient (Wildman–Crippen LogP) is 3.47. The molecule has 1 fully saturated rings. The molecule has 4 rings (SSSR count). The Kier molecular flexibility index (Phi) is 6.50. The molecule has 31 heavy (non-hydrogen) atoms. The van der Waals surface area contributed by atoms with Crippen LogP contribution in [-0.2, 0) is 11.3 Å². The van der Waals surface area contributed by atoms with E-state index >= 15 is 0 Å². The second-order valence-electron chi connectivity index (χ2n) is 8.30. The van der Waals surface area contributed by atoms with Crippen molar-refractivity contribution in [2.75, 3.05) is 38.7 Å². The molecular weight excluding hydrogens is 410 g/mol. The Balaban J connectivity index is 1.63. The topological polar surface area (TPSA) is 70.6 Å². The largest absolute Gasteiger partial charge is 0.371 e. The molecule has 0 aliphatic carbocycles. The third kappa shape index (κ3) is 4.71. The van der Waals surface area contributed by atoms with Crippen molar-refractivity contribution in [1.82, 2.24) is 20.2 Å². The summed E-state index contributed by atoms with van der Waals surface area (Å²) < 4.78 is 6.20. The lowest BCUT2D eigenvalue weighted by Crippen LogP contribution is -2.39. The highest BCUT2D eigenvalue weighted by Crippen LogP contribution is 2.37. The molecule has 0 aromatic carbocycles. The molecule has 1 N–H and O–H groups in total. The van der Waals surface area contributed by atoms with Gasteiger partial charge in [-0.2, -0.15) is 0 Å². The smallest absolute Gasteiger partial charge is 0.262 e. The van der Waals surface area contributed by atoms with E-state index in [1.807, 2.05) is 57.2 Å². The van der Waals surface area contributed by atoms with Gasteiger partial charge >= 0.3 is 0 Å². The van der Waals surface area contributed by atoms with Crippen LogP contribution in [0.3, 0.4) is 0 Å². The summed E-state index contributed by atoms with van der Waals surface area (Å²) in [5.41, 5.74) is 2.14. The molecule has 1 aliphatic rings. The first kappa shape index (κ1) is 21.7. The van der Waals surface area contributed by atoms with Gasteiger partial charge < -0.3 is 15.0 Å².